The standard InChI is InChI=1S/C24H29NSi/c1-26(2,3)24-17-25-23(16-20(24)15-18-9-4-5-10-18)22-14-8-12-19-11-6-7-13-21(19)22/h6-8,11-14,16-18H,4-5,9-10,15H2,1-3H3. The SMILES string of the molecule is C[Si](C)(C)c1cnc(-c2cccc3ccccc23)cc1CC1CCCC1. The highest BCUT2D eigenvalue weighted by Gasteiger charge is 2.24. The molecule has 26 heavy (non-hydrogen) atoms. The topological polar surface area (TPSA) is 12.9 Å². The van der Waals surface area contributed by atoms with E-state index in [9.17, 15) is 0 Å². The Bertz CT molecular complexity index is 912. The third-order valence-corrected chi connectivity index (χ3v) is 7.91. The Labute approximate surface area is 158 Å². The Balaban J connectivity index is 1.81. The molecule has 1 saturated carbocycles. The predicted octanol–water partition coefficient (Wildman–Crippen LogP) is 6.18. The molecule has 4 rings (SSSR count). The molecule has 0 spiro atoms. The van der Waals surface area contributed by atoms with Crippen molar-refractivity contribution in [3.63, 3.8) is 0 Å². The second-order valence-electron chi connectivity index (χ2n) is 8.86. The number of benzene rings is 2. The highest BCUT2D eigenvalue weighted by molar-refractivity contribution is 6.89. The van der Waals surface area contributed by atoms with E-state index in [2.05, 4.69) is 74.4 Å². The summed E-state index contributed by atoms with van der Waals surface area (Å²) >= 11 is 0. The fourth-order valence-corrected chi connectivity index (χ4v) is 6.05. The molecule has 0 saturated heterocycles. The quantitative estimate of drug-likeness (QED) is 0.507. The first-order valence-corrected chi connectivity index (χ1v) is 13.5. The Morgan fingerprint density at radius 1 is 0.962 bits per heavy atom. The lowest BCUT2D eigenvalue weighted by Crippen LogP contribution is -2.41. The van der Waals surface area contributed by atoms with Gasteiger partial charge in [0.25, 0.3) is 0 Å². The Hall–Kier alpha value is -1.93. The number of rotatable bonds is 4. The molecule has 1 aliphatic rings. The molecule has 0 radical (unpaired) electrons. The molecule has 1 heterocycles. The zero-order chi connectivity index (χ0) is 18.1. The summed E-state index contributed by atoms with van der Waals surface area (Å²) in [7, 11) is -1.39. The molecular formula is C24H29NSi. The number of aromatic nitrogens is 1. The summed E-state index contributed by atoms with van der Waals surface area (Å²) in [6.45, 7) is 7.33. The van der Waals surface area contributed by atoms with Gasteiger partial charge in [-0.05, 0) is 39.9 Å². The normalized spacial score (nSPS) is 15.7. The van der Waals surface area contributed by atoms with E-state index in [4.69, 9.17) is 4.98 Å². The van der Waals surface area contributed by atoms with Crippen molar-refractivity contribution in [1.29, 1.82) is 0 Å². The Morgan fingerprint density at radius 2 is 1.69 bits per heavy atom. The lowest BCUT2D eigenvalue weighted by atomic mass is 9.96. The highest BCUT2D eigenvalue weighted by atomic mass is 28.3. The molecule has 2 heteroatoms. The van der Waals surface area contributed by atoms with Gasteiger partial charge < -0.3 is 0 Å². The fraction of sp³-hybridized carbons (Fsp3) is 0.375. The third kappa shape index (κ3) is 3.48. The zero-order valence-electron chi connectivity index (χ0n) is 16.3. The van der Waals surface area contributed by atoms with Crippen molar-refractivity contribution in [2.24, 2.45) is 5.92 Å². The molecule has 1 aliphatic carbocycles. The predicted molar refractivity (Wildman–Crippen MR) is 116 cm³/mol. The summed E-state index contributed by atoms with van der Waals surface area (Å²) in [6, 6.07) is 17.6. The molecule has 1 nitrogen and oxygen atoms in total. The monoisotopic (exact) mass is 359 g/mol. The van der Waals surface area contributed by atoms with Gasteiger partial charge >= 0.3 is 0 Å². The van der Waals surface area contributed by atoms with Crippen LogP contribution in [0.1, 0.15) is 31.2 Å². The number of nitrogens with zero attached hydrogens (tertiary/aromatic N) is 1. The van der Waals surface area contributed by atoms with Crippen molar-refractivity contribution < 1.29 is 0 Å². The van der Waals surface area contributed by atoms with Crippen molar-refractivity contribution in [3.8, 4) is 11.3 Å². The smallest absolute Gasteiger partial charge is 0.0799 e. The summed E-state index contributed by atoms with van der Waals surface area (Å²) in [6.07, 6.45) is 9.06. The van der Waals surface area contributed by atoms with Gasteiger partial charge in [0.2, 0.25) is 0 Å². The summed E-state index contributed by atoms with van der Waals surface area (Å²) in [4.78, 5) is 4.94. The molecule has 0 aliphatic heterocycles. The molecule has 0 atom stereocenters. The first kappa shape index (κ1) is 17.5. The number of fused-ring (bicyclic) bond motifs is 1. The maximum absolute atomic E-state index is 4.94. The summed E-state index contributed by atoms with van der Waals surface area (Å²) in [5, 5.41) is 4.14. The van der Waals surface area contributed by atoms with Crippen LogP contribution in [0.3, 0.4) is 0 Å². The van der Waals surface area contributed by atoms with Crippen LogP contribution >= 0.6 is 0 Å². The second-order valence-corrected chi connectivity index (χ2v) is 13.9. The molecule has 3 aromatic rings. The van der Waals surface area contributed by atoms with E-state index in [1.807, 2.05) is 0 Å². The van der Waals surface area contributed by atoms with E-state index < -0.39 is 8.07 Å². The average molecular weight is 360 g/mol. The molecule has 0 amide bonds. The van der Waals surface area contributed by atoms with Gasteiger partial charge in [0.15, 0.2) is 0 Å². The lowest BCUT2D eigenvalue weighted by molar-refractivity contribution is 0.547. The minimum atomic E-state index is -1.39. The Morgan fingerprint density at radius 3 is 2.46 bits per heavy atom. The molecule has 134 valence electrons. The van der Waals surface area contributed by atoms with E-state index in [0.717, 1.165) is 11.6 Å². The van der Waals surface area contributed by atoms with Gasteiger partial charge in [-0.1, -0.05) is 87.8 Å². The van der Waals surface area contributed by atoms with E-state index >= 15 is 0 Å². The van der Waals surface area contributed by atoms with Gasteiger partial charge in [0.1, 0.15) is 0 Å². The van der Waals surface area contributed by atoms with Crippen LogP contribution in [0.4, 0.5) is 0 Å². The first-order valence-electron chi connectivity index (χ1n) is 10.00. The average Bonchev–Trinajstić information content (AvgIpc) is 3.13. The van der Waals surface area contributed by atoms with Crippen LogP contribution in [0.5, 0.6) is 0 Å². The molecule has 1 aromatic heterocycles. The van der Waals surface area contributed by atoms with Gasteiger partial charge in [0, 0.05) is 11.8 Å². The number of pyridine rings is 1. The van der Waals surface area contributed by atoms with Crippen molar-refractivity contribution in [2.45, 2.75) is 51.7 Å². The van der Waals surface area contributed by atoms with Crippen LogP contribution in [0.25, 0.3) is 22.0 Å². The van der Waals surface area contributed by atoms with E-state index in [-0.39, 0.29) is 0 Å². The largest absolute Gasteiger partial charge is 0.256 e. The number of hydrogen-bond acceptors (Lipinski definition) is 1. The molecular weight excluding hydrogens is 330 g/mol. The van der Waals surface area contributed by atoms with Crippen molar-refractivity contribution in [2.75, 3.05) is 0 Å². The van der Waals surface area contributed by atoms with Crippen LogP contribution < -0.4 is 5.19 Å². The van der Waals surface area contributed by atoms with Crippen molar-refractivity contribution >= 4 is 24.0 Å². The third-order valence-electron chi connectivity index (χ3n) is 5.85. The first-order chi connectivity index (χ1) is 12.5. The summed E-state index contributed by atoms with van der Waals surface area (Å²) in [5.41, 5.74) is 3.96. The fourth-order valence-electron chi connectivity index (χ4n) is 4.46. The van der Waals surface area contributed by atoms with Crippen molar-refractivity contribution in [1.82, 2.24) is 4.98 Å². The molecule has 0 N–H and O–H groups in total. The summed E-state index contributed by atoms with van der Waals surface area (Å²) < 4.78 is 0. The maximum atomic E-state index is 4.94. The van der Waals surface area contributed by atoms with Crippen LogP contribution in [0.2, 0.25) is 19.6 Å². The van der Waals surface area contributed by atoms with E-state index in [1.165, 1.54) is 48.4 Å². The maximum Gasteiger partial charge on any atom is 0.0799 e. The van der Waals surface area contributed by atoms with Crippen molar-refractivity contribution in [3.05, 3.63) is 60.3 Å². The van der Waals surface area contributed by atoms with Gasteiger partial charge in [0.05, 0.1) is 13.8 Å². The van der Waals surface area contributed by atoms with Crippen LogP contribution in [-0.2, 0) is 6.42 Å². The van der Waals surface area contributed by atoms with Crippen LogP contribution in [0.15, 0.2) is 54.7 Å². The lowest BCUT2D eigenvalue weighted by Gasteiger charge is -2.23. The van der Waals surface area contributed by atoms with Gasteiger partial charge in [-0.2, -0.15) is 0 Å². The molecule has 2 aromatic carbocycles. The molecule has 0 unspecified atom stereocenters. The molecule has 0 bridgehead atoms. The second kappa shape index (κ2) is 7.00. The highest BCUT2D eigenvalue weighted by Crippen LogP contribution is 2.31. The van der Waals surface area contributed by atoms with Gasteiger partial charge in [-0.25, -0.2) is 0 Å². The van der Waals surface area contributed by atoms with Gasteiger partial charge in [-0.3, -0.25) is 4.98 Å². The van der Waals surface area contributed by atoms with E-state index in [1.54, 1.807) is 10.8 Å². The summed E-state index contributed by atoms with van der Waals surface area (Å²) in [5.74, 6) is 0.868. The van der Waals surface area contributed by atoms with E-state index in [0.29, 0.717) is 0 Å². The number of hydrogen-bond donors (Lipinski definition) is 0. The van der Waals surface area contributed by atoms with Crippen LogP contribution in [-0.4, -0.2) is 13.1 Å². The Kier molecular flexibility index (Phi) is 4.70. The molecule has 1 fully saturated rings. The minimum Gasteiger partial charge on any atom is -0.256 e. The van der Waals surface area contributed by atoms with Gasteiger partial charge in [-0.15, -0.1) is 0 Å². The van der Waals surface area contributed by atoms with Crippen LogP contribution in [0, 0.1) is 5.92 Å². The zero-order valence-corrected chi connectivity index (χ0v) is 17.3. The minimum absolute atomic E-state index is 0.868.